The summed E-state index contributed by atoms with van der Waals surface area (Å²) in [6.45, 7) is 9.59. The standard InChI is InChI=1S/C19H34N4O3S/c1-4-20-19(21-11-8-13-26-16-17(2)3)22-12-14-27(24,25)23-15-18-9-6-5-7-10-18/h5-7,9-10,17,23H,4,8,11-16H2,1-3H3,(H2,20,21,22). The molecule has 0 fully saturated rings. The van der Waals surface area contributed by atoms with Gasteiger partial charge in [0, 0.05) is 39.4 Å². The molecule has 0 atom stereocenters. The molecule has 0 heterocycles. The van der Waals surface area contributed by atoms with Crippen molar-refractivity contribution in [3.05, 3.63) is 35.9 Å². The van der Waals surface area contributed by atoms with E-state index in [9.17, 15) is 8.42 Å². The molecule has 0 radical (unpaired) electrons. The van der Waals surface area contributed by atoms with Gasteiger partial charge in [-0.2, -0.15) is 0 Å². The van der Waals surface area contributed by atoms with Crippen LogP contribution < -0.4 is 15.4 Å². The molecule has 0 saturated heterocycles. The number of hydrogen-bond acceptors (Lipinski definition) is 4. The number of benzene rings is 1. The Morgan fingerprint density at radius 2 is 1.93 bits per heavy atom. The highest BCUT2D eigenvalue weighted by molar-refractivity contribution is 7.89. The Hall–Kier alpha value is -1.64. The van der Waals surface area contributed by atoms with Gasteiger partial charge in [-0.3, -0.25) is 4.99 Å². The van der Waals surface area contributed by atoms with Gasteiger partial charge in [0.05, 0.1) is 5.75 Å². The number of guanidine groups is 1. The maximum atomic E-state index is 12.1. The first kappa shape index (κ1) is 23.4. The van der Waals surface area contributed by atoms with E-state index < -0.39 is 10.0 Å². The molecule has 1 aromatic rings. The van der Waals surface area contributed by atoms with Gasteiger partial charge in [0.15, 0.2) is 5.96 Å². The highest BCUT2D eigenvalue weighted by Crippen LogP contribution is 1.98. The van der Waals surface area contributed by atoms with Crippen LogP contribution in [0.4, 0.5) is 0 Å². The predicted octanol–water partition coefficient (Wildman–Crippen LogP) is 1.72. The van der Waals surface area contributed by atoms with Gasteiger partial charge in [-0.25, -0.2) is 13.1 Å². The van der Waals surface area contributed by atoms with Crippen molar-refractivity contribution in [2.45, 2.75) is 33.7 Å². The topological polar surface area (TPSA) is 91.8 Å². The Bertz CT molecular complexity index is 634. The SMILES string of the molecule is CCNC(=NCCCOCC(C)C)NCCS(=O)(=O)NCc1ccccc1. The molecule has 8 heteroatoms. The quantitative estimate of drug-likeness (QED) is 0.267. The van der Waals surface area contributed by atoms with E-state index >= 15 is 0 Å². The van der Waals surface area contributed by atoms with Gasteiger partial charge in [0.1, 0.15) is 0 Å². The highest BCUT2D eigenvalue weighted by Gasteiger charge is 2.10. The second-order valence-electron chi connectivity index (χ2n) is 6.64. The van der Waals surface area contributed by atoms with E-state index in [-0.39, 0.29) is 5.75 Å². The summed E-state index contributed by atoms with van der Waals surface area (Å²) in [7, 11) is -3.35. The maximum Gasteiger partial charge on any atom is 0.213 e. The van der Waals surface area contributed by atoms with Crippen molar-refractivity contribution in [3.8, 4) is 0 Å². The minimum atomic E-state index is -3.35. The number of ether oxygens (including phenoxy) is 1. The Kier molecular flexibility index (Phi) is 11.7. The lowest BCUT2D eigenvalue weighted by Crippen LogP contribution is -2.41. The van der Waals surface area contributed by atoms with Crippen LogP contribution in [-0.2, 0) is 21.3 Å². The zero-order valence-electron chi connectivity index (χ0n) is 16.7. The fourth-order valence-corrected chi connectivity index (χ4v) is 3.09. The fourth-order valence-electron chi connectivity index (χ4n) is 2.18. The van der Waals surface area contributed by atoms with Crippen LogP contribution >= 0.6 is 0 Å². The van der Waals surface area contributed by atoms with Crippen LogP contribution in [-0.4, -0.2) is 53.0 Å². The Balaban J connectivity index is 2.30. The molecule has 0 aliphatic heterocycles. The number of nitrogens with one attached hydrogen (secondary N) is 3. The molecule has 0 aromatic heterocycles. The van der Waals surface area contributed by atoms with Crippen LogP contribution in [0.25, 0.3) is 0 Å². The lowest BCUT2D eigenvalue weighted by molar-refractivity contribution is 0.109. The summed E-state index contributed by atoms with van der Waals surface area (Å²) in [5, 5.41) is 6.18. The summed E-state index contributed by atoms with van der Waals surface area (Å²) in [6, 6.07) is 9.46. The molecule has 0 amide bonds. The number of rotatable bonds is 13. The third kappa shape index (κ3) is 12.4. The predicted molar refractivity (Wildman–Crippen MR) is 111 cm³/mol. The second kappa shape index (κ2) is 13.5. The summed E-state index contributed by atoms with van der Waals surface area (Å²) < 4.78 is 32.3. The Morgan fingerprint density at radius 1 is 1.19 bits per heavy atom. The van der Waals surface area contributed by atoms with Crippen LogP contribution in [0.2, 0.25) is 0 Å². The van der Waals surface area contributed by atoms with Crippen molar-refractivity contribution in [1.29, 1.82) is 0 Å². The molecule has 1 aromatic carbocycles. The van der Waals surface area contributed by atoms with Gasteiger partial charge in [-0.1, -0.05) is 44.2 Å². The van der Waals surface area contributed by atoms with E-state index in [0.717, 1.165) is 18.6 Å². The summed E-state index contributed by atoms with van der Waals surface area (Å²) in [5.41, 5.74) is 0.934. The van der Waals surface area contributed by atoms with E-state index in [4.69, 9.17) is 4.74 Å². The van der Waals surface area contributed by atoms with Gasteiger partial charge in [-0.15, -0.1) is 0 Å². The first-order valence-corrected chi connectivity index (χ1v) is 11.2. The van der Waals surface area contributed by atoms with E-state index in [0.29, 0.717) is 44.7 Å². The molecular weight excluding hydrogens is 364 g/mol. The molecule has 0 spiro atoms. The van der Waals surface area contributed by atoms with Gasteiger partial charge in [0.25, 0.3) is 0 Å². The number of hydrogen-bond donors (Lipinski definition) is 3. The molecule has 3 N–H and O–H groups in total. The third-order valence-electron chi connectivity index (χ3n) is 3.51. The lowest BCUT2D eigenvalue weighted by Gasteiger charge is -2.12. The zero-order valence-corrected chi connectivity index (χ0v) is 17.5. The number of aliphatic imine (C=N–C) groups is 1. The van der Waals surface area contributed by atoms with Crippen molar-refractivity contribution in [2.24, 2.45) is 10.9 Å². The highest BCUT2D eigenvalue weighted by atomic mass is 32.2. The number of nitrogens with zero attached hydrogens (tertiary/aromatic N) is 1. The van der Waals surface area contributed by atoms with Crippen molar-refractivity contribution >= 4 is 16.0 Å². The van der Waals surface area contributed by atoms with Crippen molar-refractivity contribution < 1.29 is 13.2 Å². The average molecular weight is 399 g/mol. The monoisotopic (exact) mass is 398 g/mol. The number of sulfonamides is 1. The molecule has 0 aliphatic rings. The Morgan fingerprint density at radius 3 is 2.59 bits per heavy atom. The van der Waals surface area contributed by atoms with Crippen LogP contribution in [0.15, 0.2) is 35.3 Å². The smallest absolute Gasteiger partial charge is 0.213 e. The van der Waals surface area contributed by atoms with Crippen LogP contribution in [0.5, 0.6) is 0 Å². The summed E-state index contributed by atoms with van der Waals surface area (Å²) in [6.07, 6.45) is 0.834. The Labute approximate surface area is 164 Å². The van der Waals surface area contributed by atoms with Gasteiger partial charge in [0.2, 0.25) is 10.0 Å². The van der Waals surface area contributed by atoms with Gasteiger partial charge >= 0.3 is 0 Å². The van der Waals surface area contributed by atoms with E-state index in [1.807, 2.05) is 37.3 Å². The molecule has 0 unspecified atom stereocenters. The van der Waals surface area contributed by atoms with E-state index in [2.05, 4.69) is 34.2 Å². The average Bonchev–Trinajstić information content (AvgIpc) is 2.63. The summed E-state index contributed by atoms with van der Waals surface area (Å²) >= 11 is 0. The van der Waals surface area contributed by atoms with Crippen molar-refractivity contribution in [2.75, 3.05) is 38.6 Å². The minimum absolute atomic E-state index is 0.0122. The van der Waals surface area contributed by atoms with Gasteiger partial charge in [-0.05, 0) is 24.8 Å². The summed E-state index contributed by atoms with van der Waals surface area (Å²) in [4.78, 5) is 4.44. The maximum absolute atomic E-state index is 12.1. The second-order valence-corrected chi connectivity index (χ2v) is 8.56. The first-order chi connectivity index (χ1) is 12.9. The molecule has 0 aliphatic carbocycles. The minimum Gasteiger partial charge on any atom is -0.381 e. The largest absolute Gasteiger partial charge is 0.381 e. The molecule has 0 bridgehead atoms. The van der Waals surface area contributed by atoms with E-state index in [1.54, 1.807) is 0 Å². The molecule has 1 rings (SSSR count). The fraction of sp³-hybridized carbons (Fsp3) is 0.632. The zero-order chi connectivity index (χ0) is 20.0. The van der Waals surface area contributed by atoms with Crippen molar-refractivity contribution in [1.82, 2.24) is 15.4 Å². The molecular formula is C19H34N4O3S. The third-order valence-corrected chi connectivity index (χ3v) is 4.84. The van der Waals surface area contributed by atoms with Crippen LogP contribution in [0.3, 0.4) is 0 Å². The molecule has 0 saturated carbocycles. The first-order valence-electron chi connectivity index (χ1n) is 9.54. The van der Waals surface area contributed by atoms with Gasteiger partial charge < -0.3 is 15.4 Å². The molecule has 27 heavy (non-hydrogen) atoms. The molecule has 154 valence electrons. The van der Waals surface area contributed by atoms with Crippen LogP contribution in [0.1, 0.15) is 32.8 Å². The van der Waals surface area contributed by atoms with E-state index in [1.165, 1.54) is 0 Å². The molecule has 7 nitrogen and oxygen atoms in total. The summed E-state index contributed by atoms with van der Waals surface area (Å²) in [5.74, 6) is 1.14. The lowest BCUT2D eigenvalue weighted by atomic mass is 10.2. The van der Waals surface area contributed by atoms with Crippen LogP contribution in [0, 0.1) is 5.92 Å². The van der Waals surface area contributed by atoms with Crippen molar-refractivity contribution in [3.63, 3.8) is 0 Å². The normalized spacial score (nSPS) is 12.4.